The van der Waals surface area contributed by atoms with E-state index >= 15 is 0 Å². The molecule has 0 spiro atoms. The SMILES string of the molecule is CC[C@@]12CCC[C@H]1[C@@H]1CC[C@H]3CCCC[C@]3(C)[C@H]1CC2.C[C@@H](C(=O)O)[C@H]1CC[C@H]2[C@@H]3CC[C@H]4CCCC[C@@H]4[C@H]3CC[C@@H]21.C[C@@H]1CCC[C@@H]2[C@@H]1CC[C@]1(C)CCC[C@@H]21.C[C@@]12CCCC1C1CC[C@H]3CCC[C@]3(C)C1CC2.C[C@H](CC(=O)O)[C@H]1CCC2C3CC[C@@H]4CCCC[C@]4(C)C3CC[C@@]21C.C[C@]12CCCC[C@@H]1CC[C@H]1[C@@H]3CCC[C@H]3CC[C@@H]12. The van der Waals surface area contributed by atoms with Gasteiger partial charge in [0.2, 0.25) is 0 Å². The van der Waals surface area contributed by atoms with Gasteiger partial charge in [-0.3, -0.25) is 9.59 Å². The average Bonchev–Trinajstić information content (AvgIpc) is 1.46. The largest absolute Gasteiger partial charge is 0.481 e. The Morgan fingerprint density at radius 1 is 0.288 bits per heavy atom. The molecule has 4 heteroatoms. The second-order valence-electron chi connectivity index (χ2n) is 52.4. The van der Waals surface area contributed by atoms with Crippen LogP contribution < -0.4 is 0 Å². The quantitative estimate of drug-likeness (QED) is 0.278. The van der Waals surface area contributed by atoms with Crippen molar-refractivity contribution in [2.75, 3.05) is 0 Å². The summed E-state index contributed by atoms with van der Waals surface area (Å²) in [5.74, 6) is 28.4. The van der Waals surface area contributed by atoms with E-state index in [4.69, 9.17) is 0 Å². The third kappa shape index (κ3) is 15.7. The molecule has 0 aromatic rings. The van der Waals surface area contributed by atoms with Crippen molar-refractivity contribution in [3.05, 3.63) is 0 Å². The summed E-state index contributed by atoms with van der Waals surface area (Å²) in [6, 6.07) is 0. The Kier molecular flexibility index (Phi) is 26.3. The van der Waals surface area contributed by atoms with Crippen LogP contribution in [0, 0.1) is 227 Å². The summed E-state index contributed by atoms with van der Waals surface area (Å²) >= 11 is 0. The van der Waals surface area contributed by atoms with E-state index in [1.807, 2.05) is 6.92 Å². The van der Waals surface area contributed by atoms with Crippen LogP contribution in [-0.4, -0.2) is 22.2 Å². The number of fused-ring (bicyclic) bond motifs is 28. The molecule has 39 atom stereocenters. The van der Waals surface area contributed by atoms with Crippen molar-refractivity contribution in [1.82, 2.24) is 0 Å². The standard InChI is InChI=1S/C23H38O2.C20H32O2.C20H34.2C18H30.C15H26/c1-15(14-21(24)25)18-9-10-19-17-8-7-16-6-4-5-12-22(16,2)20(17)11-13-23(18,19)3;1-12(20(21)22)14-8-9-19-16(14)10-11-17-15-5-3-2-4-13(15)6-7-18(17)19;1-3-20-13-6-8-18(20)16-10-9-15-7-4-5-12-19(15,2)17(16)11-14-20;1-17-10-4-6-15(17)14-8-7-13-5-3-11-18(13,2)16(14)9-12-17;1-18-12-3-2-6-14(18)9-10-16-15-7-4-5-13(15)8-11-17(16)18;1-11-5-3-6-13-12(11)8-10-15(2)9-4-7-14(13)15/h15-20H,4-14H2,1-3H3,(H,24,25);12-19H,2-11H2,1H3,(H,21,22);15-18H,3-14H2,1-2H3;13-16H,3-12H2,1-2H3;13-17H,2-12H2,1H3;11-14H,3-10H2,1-2H3/t15-,16+,17?,18-,19?,20?,22+,23-;12-,13-,14-,15+,16-,17-,18-,19-;15-,16-,17+,18+,19+,20+;13-,14?,15?,16?,17+,18+;13-,14+,15+,16-,17-,18-;11-,12-,13-,14+,15+/m111101/s1. The van der Waals surface area contributed by atoms with E-state index in [1.165, 1.54) is 199 Å². The Morgan fingerprint density at radius 3 is 1.31 bits per heavy atom. The third-order valence-electron chi connectivity index (χ3n) is 49.0. The van der Waals surface area contributed by atoms with Gasteiger partial charge in [0, 0.05) is 6.42 Å². The number of aliphatic carboxylic acids is 2. The van der Waals surface area contributed by atoms with Crippen LogP contribution in [0.3, 0.4) is 0 Å². The Hall–Kier alpha value is -1.06. The van der Waals surface area contributed by atoms with Gasteiger partial charge in [-0.15, -0.1) is 0 Å². The highest BCUT2D eigenvalue weighted by Gasteiger charge is 2.64. The molecular weight excluding hydrogens is 1430 g/mol. The van der Waals surface area contributed by atoms with Crippen molar-refractivity contribution >= 4 is 11.9 Å². The van der Waals surface area contributed by atoms with Crippen LogP contribution in [0.4, 0.5) is 0 Å². The van der Waals surface area contributed by atoms with Crippen molar-refractivity contribution in [3.8, 4) is 0 Å². The van der Waals surface area contributed by atoms with E-state index in [-0.39, 0.29) is 5.92 Å². The zero-order chi connectivity index (χ0) is 81.9. The van der Waals surface area contributed by atoms with Gasteiger partial charge in [-0.1, -0.05) is 192 Å². The van der Waals surface area contributed by atoms with E-state index in [9.17, 15) is 19.8 Å². The van der Waals surface area contributed by atoms with Gasteiger partial charge in [0.1, 0.15) is 0 Å². The summed E-state index contributed by atoms with van der Waals surface area (Å²) in [4.78, 5) is 22.7. The van der Waals surface area contributed by atoms with Crippen molar-refractivity contribution in [2.45, 2.75) is 474 Å². The lowest BCUT2D eigenvalue weighted by molar-refractivity contribution is -0.144. The Balaban J connectivity index is 0.0000000981. The molecule has 23 rings (SSSR count). The van der Waals surface area contributed by atoms with Gasteiger partial charge in [0.05, 0.1) is 5.92 Å². The van der Waals surface area contributed by atoms with Crippen LogP contribution in [0.5, 0.6) is 0 Å². The molecule has 23 saturated carbocycles. The molecule has 0 aromatic carbocycles. The molecule has 4 nitrogen and oxygen atoms in total. The van der Waals surface area contributed by atoms with E-state index < -0.39 is 11.9 Å². The molecule has 0 heterocycles. The van der Waals surface area contributed by atoms with Crippen LogP contribution in [-0.2, 0) is 9.59 Å². The lowest BCUT2D eigenvalue weighted by Gasteiger charge is -2.60. The monoisotopic (exact) mass is 1620 g/mol. The minimum absolute atomic E-state index is 0.127. The molecule has 0 saturated heterocycles. The molecule has 0 amide bonds. The average molecular weight is 1620 g/mol. The summed E-state index contributed by atoms with van der Waals surface area (Å²) in [6.07, 6.45) is 92.6. The van der Waals surface area contributed by atoms with Gasteiger partial charge in [-0.05, 0) is 497 Å². The first kappa shape index (κ1) is 87.6. The summed E-state index contributed by atoms with van der Waals surface area (Å²) in [5.41, 5.74) is 5.59. The van der Waals surface area contributed by atoms with E-state index in [1.54, 1.807) is 193 Å². The Morgan fingerprint density at radius 2 is 0.686 bits per heavy atom. The first-order chi connectivity index (χ1) is 56.8. The van der Waals surface area contributed by atoms with Gasteiger partial charge in [0.25, 0.3) is 0 Å². The van der Waals surface area contributed by atoms with E-state index in [0.29, 0.717) is 35.0 Å². The first-order valence-corrected chi connectivity index (χ1v) is 55.3. The maximum absolute atomic E-state index is 11.4. The van der Waals surface area contributed by atoms with Gasteiger partial charge in [-0.25, -0.2) is 0 Å². The normalized spacial score (nSPS) is 53.5. The van der Waals surface area contributed by atoms with Gasteiger partial charge in [-0.2, -0.15) is 0 Å². The topological polar surface area (TPSA) is 74.6 Å². The number of carboxylic acids is 2. The maximum Gasteiger partial charge on any atom is 0.306 e. The molecule has 118 heavy (non-hydrogen) atoms. The van der Waals surface area contributed by atoms with Gasteiger partial charge in [0.15, 0.2) is 0 Å². The van der Waals surface area contributed by atoms with Gasteiger partial charge < -0.3 is 10.2 Å². The first-order valence-electron chi connectivity index (χ1n) is 55.3. The summed E-state index contributed by atoms with van der Waals surface area (Å²) in [5, 5.41) is 18.7. The molecule has 23 aliphatic rings. The zero-order valence-corrected chi connectivity index (χ0v) is 79.4. The Bertz CT molecular complexity index is 3350. The molecule has 23 aliphatic carbocycles. The number of carbonyl (C=O) groups is 2. The second kappa shape index (κ2) is 35.4. The minimum Gasteiger partial charge on any atom is -0.481 e. The molecular formula is C114H190O4. The molecule has 23 fully saturated rings. The van der Waals surface area contributed by atoms with E-state index in [0.717, 1.165) is 192 Å². The fraction of sp³-hybridized carbons (Fsp3) is 0.982. The summed E-state index contributed by atoms with van der Waals surface area (Å²) in [7, 11) is 0. The highest BCUT2D eigenvalue weighted by atomic mass is 16.4. The molecule has 2 N–H and O–H groups in total. The lowest BCUT2D eigenvalue weighted by Crippen LogP contribution is -2.53. The molecule has 670 valence electrons. The van der Waals surface area contributed by atoms with E-state index in [2.05, 4.69) is 69.2 Å². The molecule has 6 unspecified atom stereocenters. The minimum atomic E-state index is -0.608. The summed E-state index contributed by atoms with van der Waals surface area (Å²) < 4.78 is 0. The fourth-order valence-corrected chi connectivity index (χ4v) is 43.1. The van der Waals surface area contributed by atoms with Gasteiger partial charge >= 0.3 is 11.9 Å². The fourth-order valence-electron chi connectivity index (χ4n) is 43.1. The van der Waals surface area contributed by atoms with Crippen molar-refractivity contribution in [2.24, 2.45) is 227 Å². The predicted molar refractivity (Wildman–Crippen MR) is 492 cm³/mol. The third-order valence-corrected chi connectivity index (χ3v) is 49.0. The lowest BCUT2D eigenvalue weighted by atomic mass is 9.44. The molecule has 0 aliphatic heterocycles. The second-order valence-corrected chi connectivity index (χ2v) is 52.4. The highest BCUT2D eigenvalue weighted by Crippen LogP contribution is 2.73. The zero-order valence-electron chi connectivity index (χ0n) is 79.4. The van der Waals surface area contributed by atoms with Crippen molar-refractivity contribution in [3.63, 3.8) is 0 Å². The number of hydrogen-bond acceptors (Lipinski definition) is 2. The molecule has 0 radical (unpaired) electrons. The predicted octanol–water partition coefficient (Wildman–Crippen LogP) is 32.8. The number of rotatable bonds is 6. The smallest absolute Gasteiger partial charge is 0.306 e. The molecule has 0 bridgehead atoms. The highest BCUT2D eigenvalue weighted by molar-refractivity contribution is 5.70. The number of hydrogen-bond donors (Lipinski definition) is 2. The van der Waals surface area contributed by atoms with Crippen LogP contribution >= 0.6 is 0 Å². The van der Waals surface area contributed by atoms with Crippen LogP contribution in [0.15, 0.2) is 0 Å². The van der Waals surface area contributed by atoms with Crippen LogP contribution in [0.1, 0.15) is 474 Å². The maximum atomic E-state index is 11.4. The summed E-state index contributed by atoms with van der Waals surface area (Å²) in [6.45, 7) is 27.7. The Labute approximate surface area is 728 Å². The van der Waals surface area contributed by atoms with Crippen molar-refractivity contribution < 1.29 is 19.8 Å². The number of carboxylic acid groups (broad SMARTS) is 2. The van der Waals surface area contributed by atoms with Crippen molar-refractivity contribution in [1.29, 1.82) is 0 Å². The molecule has 0 aromatic heterocycles. The van der Waals surface area contributed by atoms with Crippen LogP contribution in [0.2, 0.25) is 0 Å². The van der Waals surface area contributed by atoms with Crippen LogP contribution in [0.25, 0.3) is 0 Å².